The number of H-pyrrole nitrogens is 1. The number of amides is 1. The minimum Gasteiger partial charge on any atom is -0.465 e. The standard InChI is InChI=1S/C22H29N3O3/c1-14-7-9-17(10-8-14)18(25-11-5-6-12-25)13-23-21(26)20-15(2)19(16(3)24-20)22(27)28-4/h7-10,18,24H,5-6,11-13H2,1-4H3,(H,23,26). The van der Waals surface area contributed by atoms with Crippen LogP contribution in [0, 0.1) is 20.8 Å². The number of carbonyl (C=O) groups is 2. The second-order valence-electron chi connectivity index (χ2n) is 7.50. The number of carbonyl (C=O) groups excluding carboxylic acids is 2. The monoisotopic (exact) mass is 383 g/mol. The van der Waals surface area contributed by atoms with Crippen molar-refractivity contribution >= 4 is 11.9 Å². The molecule has 0 radical (unpaired) electrons. The van der Waals surface area contributed by atoms with Gasteiger partial charge in [-0.3, -0.25) is 9.69 Å². The lowest BCUT2D eigenvalue weighted by molar-refractivity contribution is 0.0599. The summed E-state index contributed by atoms with van der Waals surface area (Å²) in [7, 11) is 1.34. The highest BCUT2D eigenvalue weighted by Gasteiger charge is 2.26. The van der Waals surface area contributed by atoms with E-state index < -0.39 is 5.97 Å². The van der Waals surface area contributed by atoms with Crippen molar-refractivity contribution in [3.8, 4) is 0 Å². The highest BCUT2D eigenvalue weighted by molar-refractivity contribution is 6.00. The van der Waals surface area contributed by atoms with Gasteiger partial charge in [0.25, 0.3) is 5.91 Å². The van der Waals surface area contributed by atoms with Crippen LogP contribution in [0.25, 0.3) is 0 Å². The number of esters is 1. The lowest BCUT2D eigenvalue weighted by Gasteiger charge is -2.28. The number of hydrogen-bond donors (Lipinski definition) is 2. The van der Waals surface area contributed by atoms with E-state index in [2.05, 4.69) is 46.4 Å². The van der Waals surface area contributed by atoms with E-state index in [0.717, 1.165) is 13.1 Å². The summed E-state index contributed by atoms with van der Waals surface area (Å²) in [4.78, 5) is 30.3. The number of nitrogens with one attached hydrogen (secondary N) is 2. The average molecular weight is 383 g/mol. The molecule has 6 heteroatoms. The van der Waals surface area contributed by atoms with E-state index in [1.165, 1.54) is 31.1 Å². The van der Waals surface area contributed by atoms with Crippen LogP contribution in [0.3, 0.4) is 0 Å². The molecule has 0 bridgehead atoms. The van der Waals surface area contributed by atoms with Gasteiger partial charge in [-0.2, -0.15) is 0 Å². The molecule has 1 saturated heterocycles. The fraction of sp³-hybridized carbons (Fsp3) is 0.455. The molecule has 150 valence electrons. The SMILES string of the molecule is COC(=O)c1c(C)[nH]c(C(=O)NCC(c2ccc(C)cc2)N2CCCC2)c1C. The van der Waals surface area contributed by atoms with Crippen molar-refractivity contribution < 1.29 is 14.3 Å². The van der Waals surface area contributed by atoms with Crippen molar-refractivity contribution in [3.63, 3.8) is 0 Å². The van der Waals surface area contributed by atoms with E-state index in [4.69, 9.17) is 4.74 Å². The molecule has 3 rings (SSSR count). The highest BCUT2D eigenvalue weighted by Crippen LogP contribution is 2.25. The van der Waals surface area contributed by atoms with Crippen LogP contribution in [0.2, 0.25) is 0 Å². The molecule has 0 aliphatic carbocycles. The van der Waals surface area contributed by atoms with Crippen LogP contribution >= 0.6 is 0 Å². The minimum atomic E-state index is -0.431. The van der Waals surface area contributed by atoms with E-state index in [9.17, 15) is 9.59 Å². The lowest BCUT2D eigenvalue weighted by Crippen LogP contribution is -2.37. The fourth-order valence-corrected chi connectivity index (χ4v) is 3.96. The summed E-state index contributed by atoms with van der Waals surface area (Å²) in [6.07, 6.45) is 2.38. The van der Waals surface area contributed by atoms with Crippen LogP contribution in [0.15, 0.2) is 24.3 Å². The number of aromatic amines is 1. The molecule has 1 amide bonds. The Kier molecular flexibility index (Phi) is 6.19. The third kappa shape index (κ3) is 4.12. The van der Waals surface area contributed by atoms with E-state index in [0.29, 0.717) is 29.1 Å². The normalized spacial score (nSPS) is 15.4. The Morgan fingerprint density at radius 3 is 2.39 bits per heavy atom. The average Bonchev–Trinajstić information content (AvgIpc) is 3.31. The quantitative estimate of drug-likeness (QED) is 0.751. The van der Waals surface area contributed by atoms with Gasteiger partial charge in [0.2, 0.25) is 0 Å². The first-order chi connectivity index (χ1) is 13.4. The molecule has 2 aromatic rings. The van der Waals surface area contributed by atoms with Crippen LogP contribution < -0.4 is 5.32 Å². The zero-order valence-electron chi connectivity index (χ0n) is 17.1. The largest absolute Gasteiger partial charge is 0.465 e. The van der Waals surface area contributed by atoms with Gasteiger partial charge in [-0.05, 0) is 57.8 Å². The maximum atomic E-state index is 12.8. The smallest absolute Gasteiger partial charge is 0.339 e. The maximum absolute atomic E-state index is 12.8. The number of methoxy groups -OCH3 is 1. The molecular formula is C22H29N3O3. The van der Waals surface area contributed by atoms with E-state index in [1.807, 2.05) is 0 Å². The summed E-state index contributed by atoms with van der Waals surface area (Å²) in [5.74, 6) is -0.632. The van der Waals surface area contributed by atoms with Crippen LogP contribution in [-0.2, 0) is 4.74 Å². The van der Waals surface area contributed by atoms with E-state index in [-0.39, 0.29) is 11.9 Å². The zero-order valence-corrected chi connectivity index (χ0v) is 17.1. The summed E-state index contributed by atoms with van der Waals surface area (Å²) in [5, 5.41) is 3.06. The Morgan fingerprint density at radius 2 is 1.79 bits per heavy atom. The Morgan fingerprint density at radius 1 is 1.14 bits per heavy atom. The van der Waals surface area contributed by atoms with Gasteiger partial charge in [-0.15, -0.1) is 0 Å². The van der Waals surface area contributed by atoms with Gasteiger partial charge in [0.05, 0.1) is 18.7 Å². The van der Waals surface area contributed by atoms with Crippen LogP contribution in [-0.4, -0.2) is 48.5 Å². The molecular weight excluding hydrogens is 354 g/mol. The van der Waals surface area contributed by atoms with Gasteiger partial charge >= 0.3 is 5.97 Å². The van der Waals surface area contributed by atoms with Crippen LogP contribution in [0.5, 0.6) is 0 Å². The lowest BCUT2D eigenvalue weighted by atomic mass is 10.0. The third-order valence-corrected chi connectivity index (χ3v) is 5.55. The first-order valence-corrected chi connectivity index (χ1v) is 9.78. The summed E-state index contributed by atoms with van der Waals surface area (Å²) in [6, 6.07) is 8.65. The van der Waals surface area contributed by atoms with Crippen molar-refractivity contribution in [1.82, 2.24) is 15.2 Å². The maximum Gasteiger partial charge on any atom is 0.339 e. The molecule has 2 heterocycles. The predicted molar refractivity (Wildman–Crippen MR) is 109 cm³/mol. The summed E-state index contributed by atoms with van der Waals surface area (Å²) >= 11 is 0. The van der Waals surface area contributed by atoms with Gasteiger partial charge in [0, 0.05) is 12.2 Å². The Hall–Kier alpha value is -2.60. The molecule has 1 aliphatic heterocycles. The number of nitrogens with zero attached hydrogens (tertiary/aromatic N) is 1. The molecule has 28 heavy (non-hydrogen) atoms. The molecule has 2 N–H and O–H groups in total. The number of likely N-dealkylation sites (tertiary alicyclic amines) is 1. The number of rotatable bonds is 6. The molecule has 0 saturated carbocycles. The number of aromatic nitrogens is 1. The predicted octanol–water partition coefficient (Wildman–Crippen LogP) is 3.29. The minimum absolute atomic E-state index is 0.142. The Balaban J connectivity index is 1.77. The molecule has 6 nitrogen and oxygen atoms in total. The van der Waals surface area contributed by atoms with Gasteiger partial charge < -0.3 is 15.0 Å². The third-order valence-electron chi connectivity index (χ3n) is 5.55. The molecule has 1 unspecified atom stereocenters. The van der Waals surface area contributed by atoms with Crippen molar-refractivity contribution in [2.45, 2.75) is 39.7 Å². The van der Waals surface area contributed by atoms with Crippen molar-refractivity contribution in [3.05, 3.63) is 57.9 Å². The fourth-order valence-electron chi connectivity index (χ4n) is 3.96. The summed E-state index contributed by atoms with van der Waals surface area (Å²) in [6.45, 7) is 8.22. The van der Waals surface area contributed by atoms with E-state index in [1.54, 1.807) is 13.8 Å². The zero-order chi connectivity index (χ0) is 20.3. The van der Waals surface area contributed by atoms with Crippen molar-refractivity contribution in [2.24, 2.45) is 0 Å². The van der Waals surface area contributed by atoms with Gasteiger partial charge in [-0.1, -0.05) is 29.8 Å². The molecule has 1 aromatic carbocycles. The van der Waals surface area contributed by atoms with Crippen molar-refractivity contribution in [1.29, 1.82) is 0 Å². The molecule has 1 aromatic heterocycles. The second-order valence-corrected chi connectivity index (χ2v) is 7.50. The molecule has 1 fully saturated rings. The van der Waals surface area contributed by atoms with Crippen LogP contribution in [0.1, 0.15) is 62.1 Å². The van der Waals surface area contributed by atoms with Crippen LogP contribution in [0.4, 0.5) is 0 Å². The topological polar surface area (TPSA) is 74.4 Å². The van der Waals surface area contributed by atoms with Crippen molar-refractivity contribution in [2.75, 3.05) is 26.7 Å². The first kappa shape index (κ1) is 20.1. The van der Waals surface area contributed by atoms with E-state index >= 15 is 0 Å². The Bertz CT molecular complexity index is 849. The van der Waals surface area contributed by atoms with Gasteiger partial charge in [-0.25, -0.2) is 4.79 Å². The Labute approximate surface area is 166 Å². The number of ether oxygens (including phenoxy) is 1. The first-order valence-electron chi connectivity index (χ1n) is 9.78. The molecule has 1 atom stereocenters. The summed E-state index contributed by atoms with van der Waals surface area (Å²) < 4.78 is 4.83. The second kappa shape index (κ2) is 8.61. The molecule has 0 spiro atoms. The number of benzene rings is 1. The van der Waals surface area contributed by atoms with Gasteiger partial charge in [0.15, 0.2) is 0 Å². The van der Waals surface area contributed by atoms with Gasteiger partial charge in [0.1, 0.15) is 5.69 Å². The number of hydrogen-bond acceptors (Lipinski definition) is 4. The summed E-state index contributed by atoms with van der Waals surface area (Å²) in [5.41, 5.74) is 4.55. The molecule has 1 aliphatic rings. The highest BCUT2D eigenvalue weighted by atomic mass is 16.5. The number of aryl methyl sites for hydroxylation is 2.